The molecule has 1 amide bonds. The van der Waals surface area contributed by atoms with Gasteiger partial charge in [-0.15, -0.1) is 0 Å². The maximum absolute atomic E-state index is 14.6. The van der Waals surface area contributed by atoms with E-state index in [1.807, 2.05) is 48.8 Å². The lowest BCUT2D eigenvalue weighted by Gasteiger charge is -2.42. The molecular weight excluding hydrogens is 641 g/mol. The van der Waals surface area contributed by atoms with Gasteiger partial charge in [0.25, 0.3) is 0 Å². The van der Waals surface area contributed by atoms with Gasteiger partial charge >= 0.3 is 18.1 Å². The number of nitrogens with zero attached hydrogens (tertiary/aromatic N) is 5. The molecule has 5 aliphatic rings. The second-order valence-electron chi connectivity index (χ2n) is 15.2. The number of hydrogen-bond acceptors (Lipinski definition) is 10. The van der Waals surface area contributed by atoms with E-state index in [0.717, 1.165) is 37.8 Å². The number of methoxy groups -OCH3 is 1. The zero-order chi connectivity index (χ0) is 34.0. The Morgan fingerprint density at radius 3 is 2.58 bits per heavy atom. The van der Waals surface area contributed by atoms with Crippen molar-refractivity contribution >= 4 is 29.5 Å². The van der Waals surface area contributed by atoms with Crippen molar-refractivity contribution in [2.45, 2.75) is 107 Å². The number of fused-ring (bicyclic) bond motifs is 4. The van der Waals surface area contributed by atoms with Gasteiger partial charge < -0.3 is 24.2 Å². The average molecular weight is 686 g/mol. The number of piperazine rings is 1. The molecule has 1 aromatic heterocycles. The zero-order valence-electron chi connectivity index (χ0n) is 28.1. The highest BCUT2D eigenvalue weighted by Crippen LogP contribution is 2.44. The minimum absolute atomic E-state index is 0.00517. The van der Waals surface area contributed by atoms with Crippen LogP contribution in [0.5, 0.6) is 6.01 Å². The average Bonchev–Trinajstić information content (AvgIpc) is 3.73. The molecule has 3 unspecified atom stereocenters. The molecule has 4 aliphatic heterocycles. The quantitative estimate of drug-likeness (QED) is 0.406. The molecule has 13 heteroatoms. The molecule has 4 saturated heterocycles. The summed E-state index contributed by atoms with van der Waals surface area (Å²) in [5.41, 5.74) is -0.352. The standard InChI is InChI=1S/C35H45ClFN5O6/c1-33(2,3)48-32(44)42-22-9-10-23(42)19-40(18-22)29-28(30(43)46-4)27(16-35(45)13-11-24-25(35)7-5-8-26(24)36)38-31(39-29)47-20-34-12-6-14-41(34)17-21(37)15-34/h5,7-8,21-23,45H,6,9-20H2,1-4H3/t21-,22?,23?,34+,35?/m1/s1. The van der Waals surface area contributed by atoms with E-state index in [9.17, 15) is 19.1 Å². The van der Waals surface area contributed by atoms with E-state index in [1.165, 1.54) is 7.11 Å². The molecule has 5 atom stereocenters. The third-order valence-corrected chi connectivity index (χ3v) is 11.2. The Kier molecular flexibility index (Phi) is 8.51. The molecule has 0 spiro atoms. The third kappa shape index (κ3) is 5.98. The Morgan fingerprint density at radius 1 is 1.12 bits per heavy atom. The van der Waals surface area contributed by atoms with Crippen LogP contribution >= 0.6 is 11.6 Å². The van der Waals surface area contributed by atoms with Gasteiger partial charge in [-0.3, -0.25) is 9.80 Å². The summed E-state index contributed by atoms with van der Waals surface area (Å²) in [6.07, 6.45) is 3.48. The van der Waals surface area contributed by atoms with Crippen molar-refractivity contribution in [3.05, 3.63) is 45.6 Å². The molecular formula is C35H45ClFN5O6. The lowest BCUT2D eigenvalue weighted by Crippen LogP contribution is -2.57. The first kappa shape index (κ1) is 33.3. The van der Waals surface area contributed by atoms with Gasteiger partial charge in [-0.1, -0.05) is 23.7 Å². The fourth-order valence-corrected chi connectivity index (χ4v) is 8.99. The summed E-state index contributed by atoms with van der Waals surface area (Å²) in [5, 5.41) is 12.7. The van der Waals surface area contributed by atoms with Gasteiger partial charge in [-0.2, -0.15) is 9.97 Å². The fourth-order valence-electron chi connectivity index (χ4n) is 8.72. The number of halogens is 2. The van der Waals surface area contributed by atoms with Gasteiger partial charge in [0, 0.05) is 37.5 Å². The van der Waals surface area contributed by atoms with Crippen LogP contribution in [0.1, 0.15) is 86.5 Å². The molecule has 260 valence electrons. The van der Waals surface area contributed by atoms with Gasteiger partial charge in [0.1, 0.15) is 23.9 Å². The number of benzene rings is 1. The maximum Gasteiger partial charge on any atom is 0.410 e. The summed E-state index contributed by atoms with van der Waals surface area (Å²) in [4.78, 5) is 42.5. The highest BCUT2D eigenvalue weighted by molar-refractivity contribution is 6.31. The Hall–Kier alpha value is -3.22. The van der Waals surface area contributed by atoms with Crippen molar-refractivity contribution in [3.63, 3.8) is 0 Å². The van der Waals surface area contributed by atoms with E-state index in [1.54, 1.807) is 0 Å². The van der Waals surface area contributed by atoms with Crippen LogP contribution in [0, 0.1) is 0 Å². The summed E-state index contributed by atoms with van der Waals surface area (Å²) in [5.74, 6) is -0.288. The number of esters is 1. The van der Waals surface area contributed by atoms with E-state index in [2.05, 4.69) is 4.90 Å². The number of alkyl halides is 1. The predicted molar refractivity (Wildman–Crippen MR) is 176 cm³/mol. The van der Waals surface area contributed by atoms with Crippen molar-refractivity contribution < 1.29 is 33.3 Å². The number of rotatable bonds is 7. The summed E-state index contributed by atoms with van der Waals surface area (Å²) in [6, 6.07) is 5.25. The fraction of sp³-hybridized carbons (Fsp3) is 0.657. The first-order valence-electron chi connectivity index (χ1n) is 17.1. The molecule has 48 heavy (non-hydrogen) atoms. The molecule has 5 heterocycles. The van der Waals surface area contributed by atoms with Crippen LogP contribution in [-0.2, 0) is 27.9 Å². The minimum atomic E-state index is -1.34. The smallest absolute Gasteiger partial charge is 0.410 e. The van der Waals surface area contributed by atoms with Crippen LogP contribution in [0.3, 0.4) is 0 Å². The normalized spacial score (nSPS) is 29.6. The van der Waals surface area contributed by atoms with Crippen molar-refractivity contribution in [3.8, 4) is 6.01 Å². The number of carbonyl (C=O) groups excluding carboxylic acids is 2. The Morgan fingerprint density at radius 2 is 1.88 bits per heavy atom. The number of anilines is 1. The monoisotopic (exact) mass is 685 g/mol. The van der Waals surface area contributed by atoms with Crippen molar-refractivity contribution in [1.82, 2.24) is 19.8 Å². The second kappa shape index (κ2) is 12.3. The highest BCUT2D eigenvalue weighted by Gasteiger charge is 2.50. The molecule has 1 aromatic carbocycles. The van der Waals surface area contributed by atoms with Crippen molar-refractivity contribution in [1.29, 1.82) is 0 Å². The summed E-state index contributed by atoms with van der Waals surface area (Å²) in [6.45, 7) is 7.81. The molecule has 0 radical (unpaired) electrons. The molecule has 2 bridgehead atoms. The zero-order valence-corrected chi connectivity index (χ0v) is 28.9. The minimum Gasteiger partial charge on any atom is -0.465 e. The topological polar surface area (TPSA) is 118 Å². The number of aliphatic hydroxyl groups is 1. The van der Waals surface area contributed by atoms with E-state index in [-0.39, 0.29) is 42.8 Å². The molecule has 11 nitrogen and oxygen atoms in total. The van der Waals surface area contributed by atoms with Crippen LogP contribution in [0.25, 0.3) is 0 Å². The van der Waals surface area contributed by atoms with Gasteiger partial charge in [-0.05, 0) is 83.0 Å². The lowest BCUT2D eigenvalue weighted by atomic mass is 9.89. The third-order valence-electron chi connectivity index (χ3n) is 10.8. The van der Waals surface area contributed by atoms with Gasteiger partial charge in [-0.25, -0.2) is 14.0 Å². The lowest BCUT2D eigenvalue weighted by molar-refractivity contribution is 0.0121. The SMILES string of the molecule is COC(=O)c1c(CC2(O)CCc3c(Cl)cccc32)nc(OC[C@@]23CCCN2C[C@H](F)C3)nc1N1CC2CCC(C1)N2C(=O)OC(C)(C)C. The number of amides is 1. The molecule has 7 rings (SSSR count). The van der Waals surface area contributed by atoms with Crippen molar-refractivity contribution in [2.75, 3.05) is 44.8 Å². The van der Waals surface area contributed by atoms with Crippen LogP contribution in [0.15, 0.2) is 18.2 Å². The van der Waals surface area contributed by atoms with Crippen LogP contribution in [-0.4, -0.2) is 106 Å². The number of ether oxygens (including phenoxy) is 3. The van der Waals surface area contributed by atoms with E-state index >= 15 is 0 Å². The number of carbonyl (C=O) groups is 2. The largest absolute Gasteiger partial charge is 0.465 e. The van der Waals surface area contributed by atoms with E-state index < -0.39 is 28.9 Å². The van der Waals surface area contributed by atoms with Crippen LogP contribution in [0.4, 0.5) is 15.0 Å². The molecule has 1 aliphatic carbocycles. The number of aromatic nitrogens is 2. The Balaban J connectivity index is 1.26. The molecule has 0 saturated carbocycles. The maximum atomic E-state index is 14.6. The highest BCUT2D eigenvalue weighted by atomic mass is 35.5. The summed E-state index contributed by atoms with van der Waals surface area (Å²) < 4.78 is 32.0. The first-order valence-corrected chi connectivity index (χ1v) is 17.4. The van der Waals surface area contributed by atoms with Crippen LogP contribution in [0.2, 0.25) is 5.02 Å². The molecule has 2 aromatic rings. The Labute approximate surface area is 285 Å². The summed E-state index contributed by atoms with van der Waals surface area (Å²) in [7, 11) is 1.31. The summed E-state index contributed by atoms with van der Waals surface area (Å²) >= 11 is 6.51. The predicted octanol–water partition coefficient (Wildman–Crippen LogP) is 4.84. The molecule has 1 N–H and O–H groups in total. The van der Waals surface area contributed by atoms with Gasteiger partial charge in [0.15, 0.2) is 5.82 Å². The number of hydrogen-bond donors (Lipinski definition) is 1. The van der Waals surface area contributed by atoms with Crippen LogP contribution < -0.4 is 9.64 Å². The second-order valence-corrected chi connectivity index (χ2v) is 15.6. The first-order chi connectivity index (χ1) is 22.8. The van der Waals surface area contributed by atoms with Gasteiger partial charge in [0.2, 0.25) is 0 Å². The van der Waals surface area contributed by atoms with Crippen molar-refractivity contribution in [2.24, 2.45) is 0 Å². The van der Waals surface area contributed by atoms with E-state index in [0.29, 0.717) is 61.0 Å². The van der Waals surface area contributed by atoms with E-state index in [4.69, 9.17) is 35.8 Å². The van der Waals surface area contributed by atoms with Gasteiger partial charge in [0.05, 0.1) is 36.0 Å². The molecule has 4 fully saturated rings. The Bertz CT molecular complexity index is 1590.